The number of anilines is 1. The third-order valence-electron chi connectivity index (χ3n) is 7.25. The number of methoxy groups -OCH3 is 2. The van der Waals surface area contributed by atoms with E-state index in [1.54, 1.807) is 19.2 Å². The van der Waals surface area contributed by atoms with Crippen LogP contribution >= 0.6 is 11.6 Å². The Balaban J connectivity index is 1.52. The molecule has 0 aliphatic rings. The lowest BCUT2D eigenvalue weighted by Crippen LogP contribution is -2.15. The van der Waals surface area contributed by atoms with E-state index >= 15 is 0 Å². The molecule has 0 aliphatic heterocycles. The Morgan fingerprint density at radius 3 is 2.33 bits per heavy atom. The predicted octanol–water partition coefficient (Wildman–Crippen LogP) is 7.31. The van der Waals surface area contributed by atoms with Crippen molar-refractivity contribution >= 4 is 44.1 Å². The first-order valence-electron chi connectivity index (χ1n) is 14.5. The number of hydrogen-bond donors (Lipinski definition) is 1. The number of rotatable bonds is 14. The first-order valence-corrected chi connectivity index (χ1v) is 16.5. The third kappa shape index (κ3) is 7.76. The molecule has 0 saturated carbocycles. The Labute approximate surface area is 267 Å². The lowest BCUT2D eigenvalue weighted by atomic mass is 10.2. The average molecular weight is 648 g/mol. The number of nitrogens with one attached hydrogen (secondary N) is 1. The summed E-state index contributed by atoms with van der Waals surface area (Å²) in [6.07, 6.45) is 2.50. The highest BCUT2D eigenvalue weighted by molar-refractivity contribution is 7.91. The van der Waals surface area contributed by atoms with E-state index in [2.05, 4.69) is 5.32 Å². The lowest BCUT2D eigenvalue weighted by molar-refractivity contribution is -0.140. The fourth-order valence-corrected chi connectivity index (χ4v) is 6.05. The number of hydrogen-bond acceptors (Lipinski definition) is 8. The van der Waals surface area contributed by atoms with Crippen molar-refractivity contribution in [1.29, 1.82) is 0 Å². The van der Waals surface area contributed by atoms with Gasteiger partial charge in [-0.15, -0.1) is 0 Å². The highest BCUT2D eigenvalue weighted by Gasteiger charge is 2.20. The molecule has 0 saturated heterocycles. The normalized spacial score (nSPS) is 11.4. The van der Waals surface area contributed by atoms with Gasteiger partial charge in [0.25, 0.3) is 0 Å². The van der Waals surface area contributed by atoms with E-state index in [4.69, 9.17) is 30.8 Å². The number of halogens is 1. The SMILES string of the molecule is COC(=O)CCCCCOc1cc2c(cc1NCS(=O)(=O)c1ccc(Cl)cc1)nc(-c1ccccc1)n2-c1ccc(OC)cc1. The first kappa shape index (κ1) is 31.9. The van der Waals surface area contributed by atoms with E-state index in [1.807, 2.05) is 71.3 Å². The minimum Gasteiger partial charge on any atom is -0.497 e. The van der Waals surface area contributed by atoms with Crippen molar-refractivity contribution in [2.45, 2.75) is 30.6 Å². The first-order chi connectivity index (χ1) is 21.8. The smallest absolute Gasteiger partial charge is 0.305 e. The summed E-state index contributed by atoms with van der Waals surface area (Å²) in [5.41, 5.74) is 3.72. The number of carbonyl (C=O) groups is 1. The molecule has 1 N–H and O–H groups in total. The molecule has 0 atom stereocenters. The molecule has 45 heavy (non-hydrogen) atoms. The van der Waals surface area contributed by atoms with Crippen molar-refractivity contribution in [1.82, 2.24) is 9.55 Å². The van der Waals surface area contributed by atoms with Gasteiger partial charge < -0.3 is 19.5 Å². The van der Waals surface area contributed by atoms with Crippen molar-refractivity contribution in [2.24, 2.45) is 0 Å². The van der Waals surface area contributed by atoms with Crippen LogP contribution in [0.15, 0.2) is 95.9 Å². The number of imidazole rings is 1. The van der Waals surface area contributed by atoms with Crippen LogP contribution in [0.2, 0.25) is 5.02 Å². The van der Waals surface area contributed by atoms with Gasteiger partial charge in [0, 0.05) is 28.8 Å². The number of benzene rings is 4. The molecule has 0 amide bonds. The zero-order valence-electron chi connectivity index (χ0n) is 25.0. The Kier molecular flexibility index (Phi) is 10.3. The molecule has 234 valence electrons. The maximum Gasteiger partial charge on any atom is 0.305 e. The molecule has 1 aromatic heterocycles. The standard InChI is InChI=1S/C34H34ClN3O6S/c1-42-27-16-14-26(15-17-27)38-31-22-32(44-20-8-4-7-11-33(39)43-2)30(21-29(31)37-34(38)24-9-5-3-6-10-24)36-23-45(40,41)28-18-12-25(35)13-19-28/h3,5-6,9-10,12-19,21-22,36H,4,7-8,11,20,23H2,1-2H3. The number of aromatic nitrogens is 2. The van der Waals surface area contributed by atoms with Crippen LogP contribution in [0.1, 0.15) is 25.7 Å². The molecule has 5 rings (SSSR count). The van der Waals surface area contributed by atoms with Gasteiger partial charge in [0.1, 0.15) is 23.2 Å². The van der Waals surface area contributed by atoms with Gasteiger partial charge in [-0.05, 0) is 73.9 Å². The van der Waals surface area contributed by atoms with E-state index in [0.717, 1.165) is 34.8 Å². The highest BCUT2D eigenvalue weighted by Crippen LogP contribution is 2.36. The molecule has 0 radical (unpaired) electrons. The fourth-order valence-electron chi connectivity index (χ4n) is 4.87. The number of fused-ring (bicyclic) bond motifs is 1. The van der Waals surface area contributed by atoms with Crippen LogP contribution in [-0.2, 0) is 19.4 Å². The molecule has 0 bridgehead atoms. The van der Waals surface area contributed by atoms with Crippen LogP contribution in [-0.4, -0.2) is 50.6 Å². The monoisotopic (exact) mass is 647 g/mol. The van der Waals surface area contributed by atoms with E-state index < -0.39 is 9.84 Å². The van der Waals surface area contributed by atoms with Crippen LogP contribution in [0.3, 0.4) is 0 Å². The van der Waals surface area contributed by atoms with Crippen molar-refractivity contribution in [3.63, 3.8) is 0 Å². The van der Waals surface area contributed by atoms with Gasteiger partial charge >= 0.3 is 5.97 Å². The lowest BCUT2D eigenvalue weighted by Gasteiger charge is -2.15. The number of nitrogens with zero attached hydrogens (tertiary/aromatic N) is 2. The van der Waals surface area contributed by atoms with Gasteiger partial charge in [0.2, 0.25) is 0 Å². The van der Waals surface area contributed by atoms with Gasteiger partial charge in [-0.3, -0.25) is 9.36 Å². The minimum absolute atomic E-state index is 0.156. The van der Waals surface area contributed by atoms with Crippen LogP contribution in [0.4, 0.5) is 5.69 Å². The molecular weight excluding hydrogens is 614 g/mol. The van der Waals surface area contributed by atoms with Gasteiger partial charge in [-0.1, -0.05) is 41.9 Å². The summed E-state index contributed by atoms with van der Waals surface area (Å²) in [6, 6.07) is 27.3. The summed E-state index contributed by atoms with van der Waals surface area (Å²) in [5.74, 6) is 1.33. The number of esters is 1. The topological polar surface area (TPSA) is 109 Å². The predicted molar refractivity (Wildman–Crippen MR) is 176 cm³/mol. The average Bonchev–Trinajstić information content (AvgIpc) is 3.44. The molecule has 0 spiro atoms. The maximum absolute atomic E-state index is 13.2. The van der Waals surface area contributed by atoms with Gasteiger partial charge in [-0.25, -0.2) is 13.4 Å². The molecule has 0 unspecified atom stereocenters. The number of unbranched alkanes of at least 4 members (excludes halogenated alkanes) is 2. The summed E-state index contributed by atoms with van der Waals surface area (Å²) in [4.78, 5) is 16.6. The molecule has 9 nitrogen and oxygen atoms in total. The van der Waals surface area contributed by atoms with Crippen molar-refractivity contribution < 1.29 is 27.4 Å². The zero-order valence-corrected chi connectivity index (χ0v) is 26.6. The number of carbonyl (C=O) groups excluding carboxylic acids is 1. The molecule has 5 aromatic rings. The second-order valence-corrected chi connectivity index (χ2v) is 12.7. The Bertz CT molecular complexity index is 1860. The summed E-state index contributed by atoms with van der Waals surface area (Å²) >= 11 is 5.97. The van der Waals surface area contributed by atoms with Crippen LogP contribution in [0.5, 0.6) is 11.5 Å². The Hall–Kier alpha value is -4.54. The summed E-state index contributed by atoms with van der Waals surface area (Å²) in [7, 11) is -0.690. The molecule has 0 aliphatic carbocycles. The van der Waals surface area contributed by atoms with Crippen molar-refractivity contribution in [2.75, 3.05) is 32.0 Å². The number of sulfone groups is 1. The van der Waals surface area contributed by atoms with Crippen LogP contribution in [0.25, 0.3) is 28.1 Å². The second-order valence-electron chi connectivity index (χ2n) is 10.3. The summed E-state index contributed by atoms with van der Waals surface area (Å²) in [6.45, 7) is 0.369. The minimum atomic E-state index is -3.69. The van der Waals surface area contributed by atoms with E-state index in [9.17, 15) is 13.2 Å². The van der Waals surface area contributed by atoms with Crippen LogP contribution in [0, 0.1) is 0 Å². The quantitative estimate of drug-likeness (QED) is 0.0987. The van der Waals surface area contributed by atoms with Gasteiger partial charge in [-0.2, -0.15) is 0 Å². The van der Waals surface area contributed by atoms with E-state index in [-0.39, 0.29) is 16.7 Å². The largest absolute Gasteiger partial charge is 0.497 e. The molecule has 1 heterocycles. The van der Waals surface area contributed by atoms with Gasteiger partial charge in [0.05, 0.1) is 42.4 Å². The molecule has 0 fully saturated rings. The highest BCUT2D eigenvalue weighted by atomic mass is 35.5. The molecular formula is C34H34ClN3O6S. The summed E-state index contributed by atoms with van der Waals surface area (Å²) < 4.78 is 44.7. The second kappa shape index (κ2) is 14.5. The zero-order chi connectivity index (χ0) is 31.8. The van der Waals surface area contributed by atoms with E-state index in [0.29, 0.717) is 47.8 Å². The maximum atomic E-state index is 13.2. The van der Waals surface area contributed by atoms with Gasteiger partial charge in [0.15, 0.2) is 9.84 Å². The summed E-state index contributed by atoms with van der Waals surface area (Å²) in [5, 5.41) is 3.54. The third-order valence-corrected chi connectivity index (χ3v) is 9.02. The van der Waals surface area contributed by atoms with E-state index in [1.165, 1.54) is 19.2 Å². The van der Waals surface area contributed by atoms with Crippen molar-refractivity contribution in [3.8, 4) is 28.6 Å². The Morgan fingerprint density at radius 1 is 0.911 bits per heavy atom. The fraction of sp³-hybridized carbons (Fsp3) is 0.235. The molecule has 4 aromatic carbocycles. The Morgan fingerprint density at radius 2 is 1.64 bits per heavy atom. The molecule has 11 heteroatoms. The van der Waals surface area contributed by atoms with Crippen LogP contribution < -0.4 is 14.8 Å². The number of ether oxygens (including phenoxy) is 3. The van der Waals surface area contributed by atoms with Crippen molar-refractivity contribution in [3.05, 3.63) is 96.0 Å².